The second kappa shape index (κ2) is 15.7. The number of esters is 1. The number of carbonyl (C=O) groups excluding carboxylic acids is 4. The molecule has 0 aliphatic carbocycles. The molecule has 13 heteroatoms. The number of rotatable bonds is 6. The van der Waals surface area contributed by atoms with E-state index in [0.717, 1.165) is 16.7 Å². The number of epoxide rings is 1. The summed E-state index contributed by atoms with van der Waals surface area (Å²) in [5, 5.41) is 14.7. The maximum atomic E-state index is 14.0. The van der Waals surface area contributed by atoms with E-state index in [1.54, 1.807) is 27.9 Å². The van der Waals surface area contributed by atoms with Crippen molar-refractivity contribution in [2.45, 2.75) is 121 Å². The Hall–Kier alpha value is -3.06. The van der Waals surface area contributed by atoms with Crippen LogP contribution in [0.15, 0.2) is 35.9 Å². The summed E-state index contributed by atoms with van der Waals surface area (Å²) in [6.07, 6.45) is 3.64. The molecule has 0 radical (unpaired) electrons. The number of alkyl carbamates (subject to hydrolysis) is 1. The number of benzene rings is 1. The summed E-state index contributed by atoms with van der Waals surface area (Å²) in [6.45, 7) is 12.7. The van der Waals surface area contributed by atoms with Crippen LogP contribution in [-0.2, 0) is 35.0 Å². The van der Waals surface area contributed by atoms with Crippen LogP contribution in [-0.4, -0.2) is 88.9 Å². The fourth-order valence-corrected chi connectivity index (χ4v) is 7.03. The normalized spacial score (nSPS) is 33.1. The van der Waals surface area contributed by atoms with Crippen molar-refractivity contribution in [1.82, 2.24) is 10.2 Å². The number of allylic oxidation sites excluding steroid dienone is 3. The lowest BCUT2D eigenvalue weighted by Crippen LogP contribution is -2.60. The summed E-state index contributed by atoms with van der Waals surface area (Å²) in [5.74, 6) is -2.21. The van der Waals surface area contributed by atoms with Gasteiger partial charge in [0.05, 0.1) is 23.2 Å². The Morgan fingerprint density at radius 2 is 1.92 bits per heavy atom. The zero-order chi connectivity index (χ0) is 37.3. The predicted molar refractivity (Wildman–Crippen MR) is 195 cm³/mol. The Balaban J connectivity index is 1.72. The van der Waals surface area contributed by atoms with Crippen molar-refractivity contribution in [1.29, 1.82) is 0 Å². The molecule has 2 fully saturated rings. The number of carbonyl (C=O) groups is 4. The molecule has 3 heterocycles. The van der Waals surface area contributed by atoms with Crippen LogP contribution in [0.5, 0.6) is 0 Å². The number of aryl methyl sites for hydroxylation is 1. The molecule has 3 aliphatic heterocycles. The minimum absolute atomic E-state index is 0.0218. The lowest BCUT2D eigenvalue weighted by atomic mass is 9.82. The Kier molecular flexibility index (Phi) is 12.5. The monoisotopic (exact) mass is 733 g/mol. The molecule has 1 aromatic carbocycles. The SMILES string of the molecule is C/C1=C\C=C\C(C)C2(O)CC(OC(=O)N2)C(C)C2OC2(C)C(OC(=O)C(C)N(C)C(=O)CCC(C)S)CC(=O)N(C)c2cc(cc(C)c2Cl)C1. The molecule has 3 aliphatic rings. The van der Waals surface area contributed by atoms with Crippen molar-refractivity contribution in [3.05, 3.63) is 52.1 Å². The fraction of sp³-hybridized carbons (Fsp3) is 0.622. The van der Waals surface area contributed by atoms with Crippen LogP contribution >= 0.6 is 24.2 Å². The minimum Gasteiger partial charge on any atom is -0.457 e. The molecular formula is C37H52ClN3O8S. The average Bonchev–Trinajstić information content (AvgIpc) is 3.74. The first-order valence-corrected chi connectivity index (χ1v) is 18.1. The number of hydrogen-bond donors (Lipinski definition) is 3. The molecule has 1 aromatic rings. The molecule has 2 N–H and O–H groups in total. The highest BCUT2D eigenvalue weighted by atomic mass is 35.5. The quantitative estimate of drug-likeness (QED) is 0.197. The van der Waals surface area contributed by atoms with Gasteiger partial charge in [0.25, 0.3) is 0 Å². The molecule has 9 atom stereocenters. The summed E-state index contributed by atoms with van der Waals surface area (Å²) in [6, 6.07) is 2.91. The largest absolute Gasteiger partial charge is 0.457 e. The highest BCUT2D eigenvalue weighted by molar-refractivity contribution is 7.80. The lowest BCUT2D eigenvalue weighted by Gasteiger charge is -2.41. The number of fused-ring (bicyclic) bond motifs is 5. The van der Waals surface area contributed by atoms with E-state index in [4.69, 9.17) is 25.8 Å². The van der Waals surface area contributed by atoms with E-state index in [9.17, 15) is 24.3 Å². The van der Waals surface area contributed by atoms with Gasteiger partial charge in [-0.1, -0.05) is 62.2 Å². The van der Waals surface area contributed by atoms with Crippen molar-refractivity contribution in [3.8, 4) is 0 Å². The van der Waals surface area contributed by atoms with Crippen molar-refractivity contribution >= 4 is 53.8 Å². The molecule has 4 rings (SSSR count). The molecule has 0 spiro atoms. The second-order valence-electron chi connectivity index (χ2n) is 14.5. The summed E-state index contributed by atoms with van der Waals surface area (Å²) < 4.78 is 18.0. The molecule has 4 bridgehead atoms. The van der Waals surface area contributed by atoms with Crippen molar-refractivity contribution in [2.75, 3.05) is 19.0 Å². The molecule has 0 aromatic heterocycles. The van der Waals surface area contributed by atoms with Gasteiger partial charge < -0.3 is 29.1 Å². The van der Waals surface area contributed by atoms with Crippen LogP contribution in [0, 0.1) is 18.8 Å². The van der Waals surface area contributed by atoms with Gasteiger partial charge in [0.1, 0.15) is 29.6 Å². The highest BCUT2D eigenvalue weighted by Gasteiger charge is 2.64. The van der Waals surface area contributed by atoms with Crippen molar-refractivity contribution in [2.24, 2.45) is 11.8 Å². The maximum absolute atomic E-state index is 14.0. The smallest absolute Gasteiger partial charge is 0.409 e. The van der Waals surface area contributed by atoms with Gasteiger partial charge in [-0.2, -0.15) is 12.6 Å². The van der Waals surface area contributed by atoms with Gasteiger partial charge in [0.2, 0.25) is 11.8 Å². The third kappa shape index (κ3) is 8.86. The fourth-order valence-electron chi connectivity index (χ4n) is 6.67. The van der Waals surface area contributed by atoms with Gasteiger partial charge in [0.15, 0.2) is 0 Å². The second-order valence-corrected chi connectivity index (χ2v) is 15.8. The van der Waals surface area contributed by atoms with Gasteiger partial charge in [0, 0.05) is 38.8 Å². The van der Waals surface area contributed by atoms with E-state index in [-0.39, 0.29) is 36.3 Å². The molecule has 9 unspecified atom stereocenters. The first-order valence-electron chi connectivity index (χ1n) is 17.2. The van der Waals surface area contributed by atoms with Crippen LogP contribution in [0.1, 0.15) is 78.4 Å². The number of thiol groups is 1. The minimum atomic E-state index is -1.59. The zero-order valence-electron chi connectivity index (χ0n) is 30.5. The number of nitrogens with one attached hydrogen (secondary N) is 1. The Labute approximate surface area is 306 Å². The average molecular weight is 734 g/mol. The highest BCUT2D eigenvalue weighted by Crippen LogP contribution is 2.49. The summed E-state index contributed by atoms with van der Waals surface area (Å²) >= 11 is 11.1. The van der Waals surface area contributed by atoms with E-state index in [1.807, 2.05) is 65.0 Å². The number of halogens is 1. The number of nitrogens with zero attached hydrogens (tertiary/aromatic N) is 2. The molecule has 0 saturated carbocycles. The third-order valence-corrected chi connectivity index (χ3v) is 11.2. The number of ether oxygens (including phenoxy) is 3. The maximum Gasteiger partial charge on any atom is 0.409 e. The van der Waals surface area contributed by atoms with Gasteiger partial charge in [-0.05, 0) is 63.0 Å². The topological polar surface area (TPSA) is 138 Å². The van der Waals surface area contributed by atoms with E-state index >= 15 is 0 Å². The van der Waals surface area contributed by atoms with Crippen LogP contribution in [0.25, 0.3) is 0 Å². The van der Waals surface area contributed by atoms with Gasteiger partial charge in [-0.3, -0.25) is 14.9 Å². The Bertz CT molecular complexity index is 1550. The molecule has 11 nitrogen and oxygen atoms in total. The van der Waals surface area contributed by atoms with Gasteiger partial charge >= 0.3 is 12.1 Å². The van der Waals surface area contributed by atoms with E-state index in [1.165, 1.54) is 9.80 Å². The van der Waals surface area contributed by atoms with Crippen LogP contribution in [0.2, 0.25) is 5.02 Å². The summed E-state index contributed by atoms with van der Waals surface area (Å²) in [4.78, 5) is 56.1. The Morgan fingerprint density at radius 1 is 1.24 bits per heavy atom. The van der Waals surface area contributed by atoms with E-state index in [2.05, 4.69) is 17.9 Å². The molecular weight excluding hydrogens is 682 g/mol. The molecule has 3 amide bonds. The van der Waals surface area contributed by atoms with Crippen molar-refractivity contribution < 1.29 is 38.5 Å². The van der Waals surface area contributed by atoms with E-state index in [0.29, 0.717) is 23.6 Å². The number of hydrogen-bond acceptors (Lipinski definition) is 9. The Morgan fingerprint density at radius 3 is 2.58 bits per heavy atom. The number of amides is 3. The van der Waals surface area contributed by atoms with Crippen molar-refractivity contribution in [3.63, 3.8) is 0 Å². The first kappa shape index (κ1) is 39.7. The first-order chi connectivity index (χ1) is 23.3. The molecule has 2 saturated heterocycles. The number of likely N-dealkylation sites (N-methyl/N-ethyl adjacent to an activating group) is 1. The third-order valence-electron chi connectivity index (χ3n) is 10.4. The standard InChI is InChI=1S/C37H52ClN3O8S/c1-20-11-10-12-22(3)37(46)19-28(47-35(45)39-37)24(5)33-36(7,49-33)29(48-34(44)25(6)40(8)30(42)14-13-23(4)50)18-31(43)41(9)27-17-26(15-20)16-21(2)32(27)38/h10-12,16-17,22-25,28-29,33,46,50H,13-15,18-19H2,1-9H3,(H,39,45)/b12-10+,20-11+. The molecule has 50 heavy (non-hydrogen) atoms. The van der Waals surface area contributed by atoms with Gasteiger partial charge in [-0.25, -0.2) is 9.59 Å². The van der Waals surface area contributed by atoms with Crippen LogP contribution in [0.3, 0.4) is 0 Å². The number of aliphatic hydroxyl groups is 1. The van der Waals surface area contributed by atoms with Crippen LogP contribution < -0.4 is 10.2 Å². The summed E-state index contributed by atoms with van der Waals surface area (Å²) in [7, 11) is 3.17. The van der Waals surface area contributed by atoms with E-state index < -0.39 is 59.6 Å². The van der Waals surface area contributed by atoms with Crippen LogP contribution in [0.4, 0.5) is 10.5 Å². The van der Waals surface area contributed by atoms with Gasteiger partial charge in [-0.15, -0.1) is 0 Å². The molecule has 276 valence electrons. The number of anilines is 1. The predicted octanol–water partition coefficient (Wildman–Crippen LogP) is 5.53. The zero-order valence-corrected chi connectivity index (χ0v) is 32.1. The lowest BCUT2D eigenvalue weighted by molar-refractivity contribution is -0.162. The summed E-state index contributed by atoms with van der Waals surface area (Å²) in [5.41, 5.74) is 0.542.